The lowest BCUT2D eigenvalue weighted by molar-refractivity contribution is -0.120. The Kier molecular flexibility index (Phi) is 5.03. The minimum absolute atomic E-state index is 0.0662. The number of benzene rings is 1. The van der Waals surface area contributed by atoms with Crippen LogP contribution in [0.4, 0.5) is 0 Å². The van der Waals surface area contributed by atoms with E-state index >= 15 is 0 Å². The molecule has 4 nitrogen and oxygen atoms in total. The fourth-order valence-corrected chi connectivity index (χ4v) is 4.92. The van der Waals surface area contributed by atoms with E-state index in [0.717, 1.165) is 23.3 Å². The summed E-state index contributed by atoms with van der Waals surface area (Å²) < 4.78 is 0. The molecule has 23 heavy (non-hydrogen) atoms. The number of rotatable bonds is 5. The van der Waals surface area contributed by atoms with Crippen LogP contribution in [0.2, 0.25) is 0 Å². The topological polar surface area (TPSA) is 66.4 Å². The molecule has 0 radical (unpaired) electrons. The van der Waals surface area contributed by atoms with Crippen molar-refractivity contribution in [3.63, 3.8) is 0 Å². The Labute approximate surface area is 142 Å². The summed E-state index contributed by atoms with van der Waals surface area (Å²) in [4.78, 5) is 24.5. The predicted octanol–water partition coefficient (Wildman–Crippen LogP) is 3.14. The monoisotopic (exact) mass is 347 g/mol. The number of thioether (sulfide) groups is 1. The molecule has 6 heteroatoms. The molecule has 1 atom stereocenters. The minimum atomic E-state index is -0.925. The second kappa shape index (κ2) is 7.19. The molecule has 1 aromatic heterocycles. The van der Waals surface area contributed by atoms with E-state index in [4.69, 9.17) is 5.11 Å². The van der Waals surface area contributed by atoms with Crippen LogP contribution in [-0.2, 0) is 17.6 Å². The standard InChI is InChI=1S/C17H17NO3S2/c19-16(15-13-6-9-22-14(13)7-10-23-15)18-8-5-11-1-3-12(4-2-11)17(20)21/h1-4,6,9,15H,5,7-8,10H2,(H,18,19)(H,20,21). The molecule has 2 heterocycles. The van der Waals surface area contributed by atoms with Crippen LogP contribution < -0.4 is 5.32 Å². The molecule has 0 fully saturated rings. The molecule has 0 saturated heterocycles. The molecule has 0 spiro atoms. The van der Waals surface area contributed by atoms with Crippen molar-refractivity contribution in [2.24, 2.45) is 0 Å². The Morgan fingerprint density at radius 2 is 2.00 bits per heavy atom. The molecular weight excluding hydrogens is 330 g/mol. The molecule has 1 aliphatic rings. The van der Waals surface area contributed by atoms with Gasteiger partial charge in [0.2, 0.25) is 5.91 Å². The highest BCUT2D eigenvalue weighted by molar-refractivity contribution is 8.00. The lowest BCUT2D eigenvalue weighted by atomic mass is 10.1. The molecular formula is C17H17NO3S2. The molecule has 1 amide bonds. The average Bonchev–Trinajstić information content (AvgIpc) is 3.03. The summed E-state index contributed by atoms with van der Waals surface area (Å²) in [6.45, 7) is 0.557. The van der Waals surface area contributed by atoms with Crippen LogP contribution in [0.15, 0.2) is 35.7 Å². The lowest BCUT2D eigenvalue weighted by Gasteiger charge is -2.21. The van der Waals surface area contributed by atoms with Crippen LogP contribution in [0.5, 0.6) is 0 Å². The maximum Gasteiger partial charge on any atom is 0.335 e. The normalized spacial score (nSPS) is 16.6. The molecule has 1 unspecified atom stereocenters. The summed E-state index contributed by atoms with van der Waals surface area (Å²) in [5.41, 5.74) is 2.46. The van der Waals surface area contributed by atoms with Crippen molar-refractivity contribution in [2.75, 3.05) is 12.3 Å². The van der Waals surface area contributed by atoms with Crippen LogP contribution >= 0.6 is 23.1 Å². The number of carboxylic acid groups (broad SMARTS) is 1. The summed E-state index contributed by atoms with van der Waals surface area (Å²) in [6.07, 6.45) is 1.75. The number of nitrogens with one attached hydrogen (secondary N) is 1. The maximum absolute atomic E-state index is 12.4. The highest BCUT2D eigenvalue weighted by Gasteiger charge is 2.27. The Morgan fingerprint density at radius 1 is 1.22 bits per heavy atom. The van der Waals surface area contributed by atoms with Crippen molar-refractivity contribution < 1.29 is 14.7 Å². The van der Waals surface area contributed by atoms with Crippen molar-refractivity contribution in [1.29, 1.82) is 0 Å². The average molecular weight is 347 g/mol. The van der Waals surface area contributed by atoms with Crippen LogP contribution in [0.25, 0.3) is 0 Å². The number of fused-ring (bicyclic) bond motifs is 1. The number of aryl methyl sites for hydroxylation is 1. The number of carbonyl (C=O) groups excluding carboxylic acids is 1. The molecule has 3 rings (SSSR count). The fourth-order valence-electron chi connectivity index (χ4n) is 2.60. The first-order valence-corrected chi connectivity index (χ1v) is 9.36. The smallest absolute Gasteiger partial charge is 0.335 e. The van der Waals surface area contributed by atoms with Crippen LogP contribution in [0.1, 0.15) is 31.6 Å². The number of amides is 1. The highest BCUT2D eigenvalue weighted by Crippen LogP contribution is 2.39. The zero-order valence-corrected chi connectivity index (χ0v) is 14.1. The van der Waals surface area contributed by atoms with Crippen molar-refractivity contribution in [2.45, 2.75) is 18.1 Å². The molecule has 0 saturated carbocycles. The first-order valence-electron chi connectivity index (χ1n) is 7.43. The van der Waals surface area contributed by atoms with Gasteiger partial charge in [0.1, 0.15) is 5.25 Å². The van der Waals surface area contributed by atoms with Gasteiger partial charge in [-0.05, 0) is 53.3 Å². The van der Waals surface area contributed by atoms with Gasteiger partial charge in [-0.1, -0.05) is 12.1 Å². The van der Waals surface area contributed by atoms with Crippen LogP contribution in [-0.4, -0.2) is 29.3 Å². The number of hydrogen-bond donors (Lipinski definition) is 2. The van der Waals surface area contributed by atoms with Crippen molar-refractivity contribution in [3.8, 4) is 0 Å². The highest BCUT2D eigenvalue weighted by atomic mass is 32.2. The third kappa shape index (κ3) is 3.76. The summed E-state index contributed by atoms with van der Waals surface area (Å²) in [7, 11) is 0. The molecule has 1 aromatic carbocycles. The van der Waals surface area contributed by atoms with Gasteiger partial charge in [0, 0.05) is 11.4 Å². The van der Waals surface area contributed by atoms with E-state index < -0.39 is 5.97 Å². The first-order chi connectivity index (χ1) is 11.1. The van der Waals surface area contributed by atoms with Crippen molar-refractivity contribution >= 4 is 35.0 Å². The molecule has 0 bridgehead atoms. The number of aromatic carboxylic acids is 1. The minimum Gasteiger partial charge on any atom is -0.478 e. The summed E-state index contributed by atoms with van der Waals surface area (Å²) in [6, 6.07) is 8.83. The van der Waals surface area contributed by atoms with Crippen molar-refractivity contribution in [1.82, 2.24) is 5.32 Å². The molecule has 0 aliphatic carbocycles. The first kappa shape index (κ1) is 16.1. The van der Waals surface area contributed by atoms with Gasteiger partial charge < -0.3 is 10.4 Å². The van der Waals surface area contributed by atoms with Gasteiger partial charge in [0.05, 0.1) is 5.56 Å². The summed E-state index contributed by atoms with van der Waals surface area (Å²) in [5.74, 6) is 0.129. The Hall–Kier alpha value is -1.79. The SMILES string of the molecule is O=C(O)c1ccc(CCNC(=O)C2SCCc3sccc32)cc1. The number of thiophene rings is 1. The van der Waals surface area contributed by atoms with E-state index in [2.05, 4.69) is 16.8 Å². The van der Waals surface area contributed by atoms with E-state index in [9.17, 15) is 9.59 Å². The largest absolute Gasteiger partial charge is 0.478 e. The van der Waals surface area contributed by atoms with E-state index in [0.29, 0.717) is 13.0 Å². The zero-order valence-electron chi connectivity index (χ0n) is 12.5. The van der Waals surface area contributed by atoms with Gasteiger partial charge >= 0.3 is 5.97 Å². The molecule has 1 aliphatic heterocycles. The third-order valence-corrected chi connectivity index (χ3v) is 6.07. The maximum atomic E-state index is 12.4. The summed E-state index contributed by atoms with van der Waals surface area (Å²) in [5, 5.41) is 13.8. The van der Waals surface area contributed by atoms with E-state index in [-0.39, 0.29) is 16.7 Å². The number of hydrogen-bond acceptors (Lipinski definition) is 4. The number of carbonyl (C=O) groups is 2. The van der Waals surface area contributed by atoms with Crippen LogP contribution in [0, 0.1) is 0 Å². The molecule has 2 N–H and O–H groups in total. The van der Waals surface area contributed by atoms with Gasteiger partial charge in [0.25, 0.3) is 0 Å². The van der Waals surface area contributed by atoms with Crippen molar-refractivity contribution in [3.05, 3.63) is 57.3 Å². The van der Waals surface area contributed by atoms with Gasteiger partial charge in [-0.3, -0.25) is 4.79 Å². The fraction of sp³-hybridized carbons (Fsp3) is 0.294. The summed E-state index contributed by atoms with van der Waals surface area (Å²) >= 11 is 3.43. The predicted molar refractivity (Wildman–Crippen MR) is 93.3 cm³/mol. The van der Waals surface area contributed by atoms with Gasteiger partial charge in [-0.2, -0.15) is 0 Å². The Balaban J connectivity index is 1.53. The second-order valence-electron chi connectivity index (χ2n) is 5.34. The van der Waals surface area contributed by atoms with Gasteiger partial charge in [-0.25, -0.2) is 4.79 Å². The lowest BCUT2D eigenvalue weighted by Crippen LogP contribution is -2.31. The Bertz CT molecular complexity index is 709. The van der Waals surface area contributed by atoms with Gasteiger partial charge in [-0.15, -0.1) is 23.1 Å². The third-order valence-electron chi connectivity index (χ3n) is 3.83. The van der Waals surface area contributed by atoms with E-state index in [1.54, 1.807) is 47.4 Å². The number of carboxylic acids is 1. The van der Waals surface area contributed by atoms with Crippen LogP contribution in [0.3, 0.4) is 0 Å². The molecule has 120 valence electrons. The second-order valence-corrected chi connectivity index (χ2v) is 7.56. The van der Waals surface area contributed by atoms with E-state index in [1.807, 2.05) is 0 Å². The Morgan fingerprint density at radius 3 is 2.74 bits per heavy atom. The zero-order chi connectivity index (χ0) is 16.2. The quantitative estimate of drug-likeness (QED) is 0.872. The molecule has 2 aromatic rings. The van der Waals surface area contributed by atoms with E-state index in [1.165, 1.54) is 4.88 Å². The van der Waals surface area contributed by atoms with Gasteiger partial charge in [0.15, 0.2) is 0 Å².